The number of hydrogen-bond acceptors (Lipinski definition) is 4. The second-order valence-electron chi connectivity index (χ2n) is 4.84. The number of nitrogens with one attached hydrogen (secondary N) is 2. The molecule has 0 aliphatic heterocycles. The molecule has 0 bridgehead atoms. The molecule has 0 amide bonds. The van der Waals surface area contributed by atoms with Crippen molar-refractivity contribution in [2.24, 2.45) is 0 Å². The fourth-order valence-corrected chi connectivity index (χ4v) is 2.34. The third-order valence-corrected chi connectivity index (χ3v) is 3.72. The van der Waals surface area contributed by atoms with Gasteiger partial charge in [0.05, 0.1) is 14.2 Å². The molecule has 2 rings (SSSR count). The quantitative estimate of drug-likeness (QED) is 0.624. The van der Waals surface area contributed by atoms with Crippen LogP contribution in [-0.4, -0.2) is 25.3 Å². The van der Waals surface area contributed by atoms with Crippen LogP contribution in [0.3, 0.4) is 0 Å². The third kappa shape index (κ3) is 4.84. The lowest BCUT2D eigenvalue weighted by Gasteiger charge is -2.12. The van der Waals surface area contributed by atoms with E-state index in [0.717, 1.165) is 11.3 Å². The predicted molar refractivity (Wildman–Crippen MR) is 98.8 cm³/mol. The predicted octanol–water partition coefficient (Wildman–Crippen LogP) is 3.62. The first-order valence-corrected chi connectivity index (χ1v) is 7.87. The first-order valence-electron chi connectivity index (χ1n) is 7.09. The summed E-state index contributed by atoms with van der Waals surface area (Å²) in [6.07, 6.45) is 0. The van der Waals surface area contributed by atoms with Crippen molar-refractivity contribution in [1.82, 2.24) is 5.32 Å². The number of ether oxygens (including phenoxy) is 2. The number of rotatable bonds is 5. The summed E-state index contributed by atoms with van der Waals surface area (Å²) >= 11 is 11.1. The van der Waals surface area contributed by atoms with E-state index in [2.05, 4.69) is 10.6 Å². The molecule has 0 saturated heterocycles. The average Bonchev–Trinajstić information content (AvgIpc) is 2.61. The van der Waals surface area contributed by atoms with E-state index in [9.17, 15) is 4.79 Å². The van der Waals surface area contributed by atoms with Crippen molar-refractivity contribution in [3.05, 3.63) is 58.6 Å². The highest BCUT2D eigenvalue weighted by Gasteiger charge is 2.13. The third-order valence-electron chi connectivity index (χ3n) is 3.22. The number of methoxy groups -OCH3 is 2. The van der Waals surface area contributed by atoms with Crippen LogP contribution in [0.1, 0.15) is 15.9 Å². The van der Waals surface area contributed by atoms with Crippen molar-refractivity contribution in [3.8, 4) is 5.75 Å². The minimum Gasteiger partial charge on any atom is -0.496 e. The lowest BCUT2D eigenvalue weighted by molar-refractivity contribution is 0.0597. The van der Waals surface area contributed by atoms with Gasteiger partial charge in [0.2, 0.25) is 0 Å². The van der Waals surface area contributed by atoms with Gasteiger partial charge in [0, 0.05) is 17.3 Å². The molecule has 0 aliphatic rings. The van der Waals surface area contributed by atoms with Gasteiger partial charge in [-0.2, -0.15) is 0 Å². The number of thiocarbonyl (C=S) groups is 1. The molecular weight excluding hydrogens is 348 g/mol. The summed E-state index contributed by atoms with van der Waals surface area (Å²) in [5.74, 6) is 0.0167. The highest BCUT2D eigenvalue weighted by molar-refractivity contribution is 7.80. The summed E-state index contributed by atoms with van der Waals surface area (Å²) in [6, 6.07) is 12.5. The summed E-state index contributed by atoms with van der Waals surface area (Å²) in [6.45, 7) is 0.452. The van der Waals surface area contributed by atoms with Gasteiger partial charge in [0.1, 0.15) is 11.3 Å². The van der Waals surface area contributed by atoms with Gasteiger partial charge in [0.15, 0.2) is 5.11 Å². The molecule has 24 heavy (non-hydrogen) atoms. The van der Waals surface area contributed by atoms with E-state index in [1.54, 1.807) is 24.3 Å². The highest BCUT2D eigenvalue weighted by atomic mass is 35.5. The Balaban J connectivity index is 1.99. The maximum atomic E-state index is 11.8. The van der Waals surface area contributed by atoms with Gasteiger partial charge in [-0.3, -0.25) is 0 Å². The Morgan fingerprint density at radius 2 is 1.88 bits per heavy atom. The molecule has 0 saturated carbocycles. The van der Waals surface area contributed by atoms with Crippen molar-refractivity contribution in [2.45, 2.75) is 6.54 Å². The van der Waals surface area contributed by atoms with Crippen LogP contribution in [0.2, 0.25) is 5.02 Å². The zero-order valence-corrected chi connectivity index (χ0v) is 14.8. The van der Waals surface area contributed by atoms with Gasteiger partial charge in [-0.05, 0) is 54.2 Å². The number of hydrogen-bond donors (Lipinski definition) is 2. The molecule has 2 aromatic rings. The zero-order chi connectivity index (χ0) is 17.5. The van der Waals surface area contributed by atoms with Crippen LogP contribution in [0, 0.1) is 0 Å². The zero-order valence-electron chi connectivity index (χ0n) is 13.3. The molecule has 0 unspecified atom stereocenters. The fourth-order valence-electron chi connectivity index (χ4n) is 2.03. The molecule has 0 aromatic heterocycles. The number of benzene rings is 2. The summed E-state index contributed by atoms with van der Waals surface area (Å²) in [5, 5.41) is 7.26. The van der Waals surface area contributed by atoms with Crippen LogP contribution in [0.15, 0.2) is 42.5 Å². The van der Waals surface area contributed by atoms with E-state index in [-0.39, 0.29) is 0 Å². The van der Waals surface area contributed by atoms with E-state index < -0.39 is 5.97 Å². The SMILES string of the molecule is COC(=O)c1cc(CNC(=S)Nc2ccc(Cl)cc2)ccc1OC. The van der Waals surface area contributed by atoms with Crippen LogP contribution in [0.4, 0.5) is 5.69 Å². The van der Waals surface area contributed by atoms with E-state index in [1.807, 2.05) is 18.2 Å². The van der Waals surface area contributed by atoms with Crippen molar-refractivity contribution >= 4 is 40.6 Å². The van der Waals surface area contributed by atoms with Gasteiger partial charge >= 0.3 is 5.97 Å². The fraction of sp³-hybridized carbons (Fsp3) is 0.176. The second-order valence-corrected chi connectivity index (χ2v) is 5.69. The van der Waals surface area contributed by atoms with Crippen LogP contribution >= 0.6 is 23.8 Å². The molecule has 0 fully saturated rings. The molecule has 7 heteroatoms. The van der Waals surface area contributed by atoms with Crippen LogP contribution < -0.4 is 15.4 Å². The lowest BCUT2D eigenvalue weighted by atomic mass is 10.1. The van der Waals surface area contributed by atoms with Crippen LogP contribution in [0.5, 0.6) is 5.75 Å². The molecular formula is C17H17ClN2O3S. The molecule has 0 atom stereocenters. The normalized spacial score (nSPS) is 9.96. The van der Waals surface area contributed by atoms with Gasteiger partial charge < -0.3 is 20.1 Å². The van der Waals surface area contributed by atoms with Crippen LogP contribution in [0.25, 0.3) is 0 Å². The molecule has 2 aromatic carbocycles. The summed E-state index contributed by atoms with van der Waals surface area (Å²) < 4.78 is 9.93. The number of esters is 1. The smallest absolute Gasteiger partial charge is 0.341 e. The van der Waals surface area contributed by atoms with Gasteiger partial charge in [0.25, 0.3) is 0 Å². The maximum absolute atomic E-state index is 11.8. The van der Waals surface area contributed by atoms with E-state index in [1.165, 1.54) is 14.2 Å². The molecule has 2 N–H and O–H groups in total. The Morgan fingerprint density at radius 3 is 2.50 bits per heavy atom. The van der Waals surface area contributed by atoms with Crippen molar-refractivity contribution in [2.75, 3.05) is 19.5 Å². The second kappa shape index (κ2) is 8.52. The topological polar surface area (TPSA) is 59.6 Å². The molecule has 5 nitrogen and oxygen atoms in total. The van der Waals surface area contributed by atoms with Crippen molar-refractivity contribution in [3.63, 3.8) is 0 Å². The standard InChI is InChI=1S/C17H17ClN2O3S/c1-22-15-8-3-11(9-14(15)16(21)23-2)10-19-17(24)20-13-6-4-12(18)5-7-13/h3-9H,10H2,1-2H3,(H2,19,20,24). The Labute approximate surface area is 150 Å². The summed E-state index contributed by atoms with van der Waals surface area (Å²) in [5.41, 5.74) is 2.08. The summed E-state index contributed by atoms with van der Waals surface area (Å²) in [7, 11) is 2.84. The summed E-state index contributed by atoms with van der Waals surface area (Å²) in [4.78, 5) is 11.8. The average molecular weight is 365 g/mol. The minimum absolute atomic E-state index is 0.371. The highest BCUT2D eigenvalue weighted by Crippen LogP contribution is 2.21. The maximum Gasteiger partial charge on any atom is 0.341 e. The molecule has 126 valence electrons. The Kier molecular flexibility index (Phi) is 6.40. The van der Waals surface area contributed by atoms with Crippen molar-refractivity contribution in [1.29, 1.82) is 0 Å². The minimum atomic E-state index is -0.449. The Bertz CT molecular complexity index is 735. The van der Waals surface area contributed by atoms with Gasteiger partial charge in [-0.25, -0.2) is 4.79 Å². The van der Waals surface area contributed by atoms with E-state index in [4.69, 9.17) is 33.3 Å². The van der Waals surface area contributed by atoms with Gasteiger partial charge in [-0.1, -0.05) is 17.7 Å². The molecule has 0 heterocycles. The van der Waals surface area contributed by atoms with Crippen LogP contribution in [-0.2, 0) is 11.3 Å². The van der Waals surface area contributed by atoms with E-state index in [0.29, 0.717) is 28.0 Å². The lowest BCUT2D eigenvalue weighted by Crippen LogP contribution is -2.27. The Hall–Kier alpha value is -2.31. The Morgan fingerprint density at radius 1 is 1.17 bits per heavy atom. The first kappa shape index (κ1) is 18.0. The first-order chi connectivity index (χ1) is 11.5. The monoisotopic (exact) mass is 364 g/mol. The number of carbonyl (C=O) groups is 1. The van der Waals surface area contributed by atoms with E-state index >= 15 is 0 Å². The molecule has 0 spiro atoms. The van der Waals surface area contributed by atoms with Crippen molar-refractivity contribution < 1.29 is 14.3 Å². The largest absolute Gasteiger partial charge is 0.496 e. The molecule has 0 aliphatic carbocycles. The molecule has 0 radical (unpaired) electrons. The number of anilines is 1. The van der Waals surface area contributed by atoms with Gasteiger partial charge in [-0.15, -0.1) is 0 Å². The number of halogens is 1. The number of carbonyl (C=O) groups excluding carboxylic acids is 1.